The summed E-state index contributed by atoms with van der Waals surface area (Å²) in [4.78, 5) is 28.1. The van der Waals surface area contributed by atoms with Crippen molar-refractivity contribution in [1.82, 2.24) is 10.3 Å². The first-order valence-corrected chi connectivity index (χ1v) is 6.96. The van der Waals surface area contributed by atoms with Crippen molar-refractivity contribution in [3.05, 3.63) is 59.8 Å². The van der Waals surface area contributed by atoms with Crippen LogP contribution in [-0.2, 0) is 11.2 Å². The van der Waals surface area contributed by atoms with Crippen molar-refractivity contribution in [2.24, 2.45) is 0 Å². The summed E-state index contributed by atoms with van der Waals surface area (Å²) < 4.78 is 5.07. The Kier molecular flexibility index (Phi) is 5.25. The van der Waals surface area contributed by atoms with E-state index in [9.17, 15) is 9.59 Å². The minimum Gasteiger partial charge on any atom is -0.480 e. The van der Waals surface area contributed by atoms with Crippen LogP contribution >= 0.6 is 0 Å². The van der Waals surface area contributed by atoms with Crippen molar-refractivity contribution in [1.29, 1.82) is 0 Å². The number of nitrogens with one attached hydrogen (secondary N) is 1. The van der Waals surface area contributed by atoms with Gasteiger partial charge in [0.15, 0.2) is 5.78 Å². The number of benzene rings is 1. The van der Waals surface area contributed by atoms with Crippen LogP contribution in [0.4, 0.5) is 0 Å². The van der Waals surface area contributed by atoms with E-state index in [-0.39, 0.29) is 17.6 Å². The van der Waals surface area contributed by atoms with Crippen LogP contribution in [0.15, 0.2) is 48.7 Å². The topological polar surface area (TPSA) is 68.3 Å². The van der Waals surface area contributed by atoms with Gasteiger partial charge in [-0.25, -0.2) is 4.98 Å². The number of rotatable bonds is 6. The van der Waals surface area contributed by atoms with Gasteiger partial charge in [-0.15, -0.1) is 0 Å². The molecule has 2 aromatic rings. The minimum absolute atomic E-state index is 0.0972. The Hall–Kier alpha value is -2.69. The molecule has 22 heavy (non-hydrogen) atoms. The summed E-state index contributed by atoms with van der Waals surface area (Å²) in [6, 6.07) is 12.2. The van der Waals surface area contributed by atoms with Crippen molar-refractivity contribution in [2.75, 3.05) is 7.11 Å². The zero-order chi connectivity index (χ0) is 15.9. The summed E-state index contributed by atoms with van der Waals surface area (Å²) in [6.07, 6.45) is 1.99. The normalized spacial score (nSPS) is 11.5. The molecule has 0 aliphatic rings. The Morgan fingerprint density at radius 3 is 2.55 bits per heavy atom. The van der Waals surface area contributed by atoms with Gasteiger partial charge in [0.2, 0.25) is 5.88 Å². The van der Waals surface area contributed by atoms with Gasteiger partial charge in [0, 0.05) is 6.20 Å². The Labute approximate surface area is 129 Å². The smallest absolute Gasteiger partial charge is 0.257 e. The van der Waals surface area contributed by atoms with Crippen LogP contribution in [0.2, 0.25) is 0 Å². The summed E-state index contributed by atoms with van der Waals surface area (Å²) in [6.45, 7) is 1.47. The summed E-state index contributed by atoms with van der Waals surface area (Å²) in [5.74, 6) is -0.233. The number of hydrogen-bond acceptors (Lipinski definition) is 4. The fourth-order valence-corrected chi connectivity index (χ4v) is 2.11. The largest absolute Gasteiger partial charge is 0.480 e. The van der Waals surface area contributed by atoms with Crippen LogP contribution < -0.4 is 10.1 Å². The highest BCUT2D eigenvalue weighted by Crippen LogP contribution is 2.14. The van der Waals surface area contributed by atoms with Crippen LogP contribution in [0, 0.1) is 0 Å². The van der Waals surface area contributed by atoms with Crippen LogP contribution in [0.3, 0.4) is 0 Å². The maximum absolute atomic E-state index is 12.3. The third kappa shape index (κ3) is 3.91. The van der Waals surface area contributed by atoms with E-state index in [1.807, 2.05) is 30.3 Å². The van der Waals surface area contributed by atoms with Crippen molar-refractivity contribution >= 4 is 11.7 Å². The molecule has 1 N–H and O–H groups in total. The van der Waals surface area contributed by atoms with E-state index in [0.717, 1.165) is 5.56 Å². The number of carbonyl (C=O) groups is 2. The molecular weight excluding hydrogens is 280 g/mol. The molecular formula is C17H18N2O3. The first kappa shape index (κ1) is 15.7. The molecule has 0 aliphatic heterocycles. The lowest BCUT2D eigenvalue weighted by atomic mass is 10.0. The first-order chi connectivity index (χ1) is 10.6. The van der Waals surface area contributed by atoms with Gasteiger partial charge in [-0.3, -0.25) is 9.59 Å². The molecule has 0 bridgehead atoms. The number of aromatic nitrogens is 1. The first-order valence-electron chi connectivity index (χ1n) is 6.96. The van der Waals surface area contributed by atoms with E-state index in [4.69, 9.17) is 4.74 Å². The van der Waals surface area contributed by atoms with Crippen molar-refractivity contribution in [3.8, 4) is 5.88 Å². The molecule has 0 saturated carbocycles. The fourth-order valence-electron chi connectivity index (χ4n) is 2.11. The predicted molar refractivity (Wildman–Crippen MR) is 82.9 cm³/mol. The molecule has 1 heterocycles. The highest BCUT2D eigenvalue weighted by Gasteiger charge is 2.20. The van der Waals surface area contributed by atoms with E-state index >= 15 is 0 Å². The van der Waals surface area contributed by atoms with Gasteiger partial charge >= 0.3 is 0 Å². The van der Waals surface area contributed by atoms with Crippen LogP contribution in [0.5, 0.6) is 5.88 Å². The molecule has 1 aromatic carbocycles. The summed E-state index contributed by atoms with van der Waals surface area (Å²) in [7, 11) is 1.45. The predicted octanol–water partition coefficient (Wildman–Crippen LogP) is 2.02. The third-order valence-electron chi connectivity index (χ3n) is 3.29. The van der Waals surface area contributed by atoms with E-state index in [1.165, 1.54) is 14.0 Å². The van der Waals surface area contributed by atoms with Gasteiger partial charge in [-0.1, -0.05) is 30.3 Å². The van der Waals surface area contributed by atoms with Crippen LogP contribution in [0.25, 0.3) is 0 Å². The molecule has 0 fully saturated rings. The number of amides is 1. The Bertz CT molecular complexity index is 656. The molecule has 0 radical (unpaired) electrons. The number of ether oxygens (including phenoxy) is 1. The minimum atomic E-state index is -0.584. The highest BCUT2D eigenvalue weighted by molar-refractivity contribution is 5.99. The van der Waals surface area contributed by atoms with Crippen molar-refractivity contribution in [3.63, 3.8) is 0 Å². The second-order valence-electron chi connectivity index (χ2n) is 4.89. The zero-order valence-corrected chi connectivity index (χ0v) is 12.6. The Morgan fingerprint density at radius 2 is 1.91 bits per heavy atom. The number of Topliss-reactive ketones (excluding diaryl/α,β-unsaturated/α-hetero) is 1. The van der Waals surface area contributed by atoms with Gasteiger partial charge in [-0.05, 0) is 31.0 Å². The fraction of sp³-hybridized carbons (Fsp3) is 0.235. The van der Waals surface area contributed by atoms with E-state index in [0.29, 0.717) is 12.0 Å². The van der Waals surface area contributed by atoms with Crippen molar-refractivity contribution in [2.45, 2.75) is 19.4 Å². The van der Waals surface area contributed by atoms with E-state index in [2.05, 4.69) is 10.3 Å². The maximum atomic E-state index is 12.3. The van der Waals surface area contributed by atoms with Gasteiger partial charge in [0.1, 0.15) is 5.56 Å². The number of methoxy groups -OCH3 is 1. The Balaban J connectivity index is 2.14. The molecule has 1 aromatic heterocycles. The standard InChI is InChI=1S/C17H18N2O3/c1-12(20)15(11-13-7-4-3-5-8-13)19-16(21)14-9-6-10-18-17(14)22-2/h3-10,15H,11H2,1-2H3,(H,19,21)/t15-/m0/s1. The second kappa shape index (κ2) is 7.36. The monoisotopic (exact) mass is 298 g/mol. The summed E-state index contributed by atoms with van der Waals surface area (Å²) >= 11 is 0. The van der Waals surface area contributed by atoms with Gasteiger partial charge in [-0.2, -0.15) is 0 Å². The second-order valence-corrected chi connectivity index (χ2v) is 4.89. The SMILES string of the molecule is COc1ncccc1C(=O)N[C@@H](Cc1ccccc1)C(C)=O. The summed E-state index contributed by atoms with van der Waals surface area (Å²) in [5, 5.41) is 2.75. The van der Waals surface area contributed by atoms with Gasteiger partial charge < -0.3 is 10.1 Å². The van der Waals surface area contributed by atoms with Crippen molar-refractivity contribution < 1.29 is 14.3 Å². The number of pyridine rings is 1. The number of carbonyl (C=O) groups excluding carboxylic acids is 2. The van der Waals surface area contributed by atoms with Gasteiger partial charge in [0.25, 0.3) is 5.91 Å². The van der Waals surface area contributed by atoms with Gasteiger partial charge in [0.05, 0.1) is 13.2 Å². The Morgan fingerprint density at radius 1 is 1.18 bits per heavy atom. The zero-order valence-electron chi connectivity index (χ0n) is 12.6. The third-order valence-corrected chi connectivity index (χ3v) is 3.29. The molecule has 5 nitrogen and oxygen atoms in total. The lowest BCUT2D eigenvalue weighted by Crippen LogP contribution is -2.41. The molecule has 1 atom stereocenters. The number of nitrogens with zero attached hydrogens (tertiary/aromatic N) is 1. The van der Waals surface area contributed by atoms with E-state index in [1.54, 1.807) is 18.3 Å². The highest BCUT2D eigenvalue weighted by atomic mass is 16.5. The molecule has 114 valence electrons. The lowest BCUT2D eigenvalue weighted by Gasteiger charge is -2.16. The molecule has 0 spiro atoms. The van der Waals surface area contributed by atoms with Crippen LogP contribution in [0.1, 0.15) is 22.8 Å². The molecule has 0 unspecified atom stereocenters. The quantitative estimate of drug-likeness (QED) is 0.886. The molecule has 5 heteroatoms. The number of ketones is 1. The average molecular weight is 298 g/mol. The molecule has 2 rings (SSSR count). The van der Waals surface area contributed by atoms with Crippen LogP contribution in [-0.4, -0.2) is 29.8 Å². The number of hydrogen-bond donors (Lipinski definition) is 1. The average Bonchev–Trinajstić information content (AvgIpc) is 2.55. The molecule has 0 saturated heterocycles. The van der Waals surface area contributed by atoms with E-state index < -0.39 is 6.04 Å². The molecule has 1 amide bonds. The summed E-state index contributed by atoms with van der Waals surface area (Å²) in [5.41, 5.74) is 1.30. The lowest BCUT2D eigenvalue weighted by molar-refractivity contribution is -0.118. The molecule has 0 aliphatic carbocycles. The maximum Gasteiger partial charge on any atom is 0.257 e.